The van der Waals surface area contributed by atoms with Gasteiger partial charge in [0.1, 0.15) is 5.92 Å². The predicted octanol–water partition coefficient (Wildman–Crippen LogP) is 1.23. The summed E-state index contributed by atoms with van der Waals surface area (Å²) in [6, 6.07) is 0. The van der Waals surface area contributed by atoms with E-state index in [0.717, 1.165) is 25.7 Å². The third-order valence-corrected chi connectivity index (χ3v) is 2.92. The summed E-state index contributed by atoms with van der Waals surface area (Å²) in [6.07, 6.45) is 3.84. The molecule has 0 aliphatic carbocycles. The molecule has 2 unspecified atom stereocenters. The van der Waals surface area contributed by atoms with Crippen LogP contribution in [0.15, 0.2) is 0 Å². The molecule has 0 fully saturated rings. The number of unbranched alkanes of at least 4 members (excludes halogenated alkanes) is 3. The fraction of sp³-hybridized carbons (Fsp3) is 0.750. The molecule has 6 heteroatoms. The minimum absolute atomic E-state index is 0.230. The van der Waals surface area contributed by atoms with Crippen LogP contribution in [0.2, 0.25) is 0 Å². The van der Waals surface area contributed by atoms with E-state index in [1.54, 1.807) is 0 Å². The molecule has 0 aliphatic heterocycles. The van der Waals surface area contributed by atoms with Crippen LogP contribution in [0.4, 0.5) is 0 Å². The van der Waals surface area contributed by atoms with Crippen LogP contribution < -0.4 is 5.73 Å². The zero-order chi connectivity index (χ0) is 14.1. The number of carbonyl (C=O) groups excluding carboxylic acids is 1. The Morgan fingerprint density at radius 1 is 1.06 bits per heavy atom. The smallest absolute Gasteiger partial charge is 0.316 e. The zero-order valence-electron chi connectivity index (χ0n) is 10.6. The Kier molecular flexibility index (Phi) is 7.74. The highest BCUT2D eigenvalue weighted by atomic mass is 16.4. The van der Waals surface area contributed by atoms with E-state index in [2.05, 4.69) is 0 Å². The highest BCUT2D eigenvalue weighted by molar-refractivity contribution is 5.96. The zero-order valence-corrected chi connectivity index (χ0v) is 10.6. The lowest BCUT2D eigenvalue weighted by atomic mass is 9.90. The first-order valence-electron chi connectivity index (χ1n) is 6.15. The predicted molar refractivity (Wildman–Crippen MR) is 64.8 cm³/mol. The van der Waals surface area contributed by atoms with E-state index in [0.29, 0.717) is 6.42 Å². The van der Waals surface area contributed by atoms with E-state index in [1.165, 1.54) is 0 Å². The fourth-order valence-corrected chi connectivity index (χ4v) is 1.78. The lowest BCUT2D eigenvalue weighted by molar-refractivity contribution is -0.148. The Hall–Kier alpha value is -1.59. The molecule has 0 aromatic carbocycles. The van der Waals surface area contributed by atoms with Gasteiger partial charge >= 0.3 is 11.9 Å². The summed E-state index contributed by atoms with van der Waals surface area (Å²) >= 11 is 0. The highest BCUT2D eigenvalue weighted by Gasteiger charge is 2.30. The minimum Gasteiger partial charge on any atom is -0.481 e. The number of rotatable bonds is 10. The molecular weight excluding hydrogens is 238 g/mol. The van der Waals surface area contributed by atoms with Gasteiger partial charge in [0.15, 0.2) is 0 Å². The van der Waals surface area contributed by atoms with Gasteiger partial charge in [-0.25, -0.2) is 0 Å². The van der Waals surface area contributed by atoms with Crippen LogP contribution in [0.3, 0.4) is 0 Å². The number of aliphatic carboxylic acids is 2. The second-order valence-corrected chi connectivity index (χ2v) is 4.41. The first kappa shape index (κ1) is 16.4. The summed E-state index contributed by atoms with van der Waals surface area (Å²) in [5, 5.41) is 17.8. The van der Waals surface area contributed by atoms with Crippen molar-refractivity contribution in [1.82, 2.24) is 0 Å². The van der Waals surface area contributed by atoms with E-state index in [9.17, 15) is 14.4 Å². The van der Waals surface area contributed by atoms with Crippen LogP contribution in [0.25, 0.3) is 0 Å². The van der Waals surface area contributed by atoms with Gasteiger partial charge in [0.05, 0.1) is 5.92 Å². The summed E-state index contributed by atoms with van der Waals surface area (Å²) in [4.78, 5) is 32.7. The van der Waals surface area contributed by atoms with Gasteiger partial charge in [-0.2, -0.15) is 0 Å². The van der Waals surface area contributed by atoms with Gasteiger partial charge in [-0.1, -0.05) is 32.6 Å². The van der Waals surface area contributed by atoms with Crippen molar-refractivity contribution in [3.63, 3.8) is 0 Å². The average Bonchev–Trinajstić information content (AvgIpc) is 2.26. The van der Waals surface area contributed by atoms with Crippen molar-refractivity contribution < 1.29 is 24.6 Å². The van der Waals surface area contributed by atoms with Gasteiger partial charge in [-0.05, 0) is 12.8 Å². The molecular formula is C12H21NO5. The largest absolute Gasteiger partial charge is 0.481 e. The topological polar surface area (TPSA) is 118 Å². The van der Waals surface area contributed by atoms with E-state index in [1.807, 2.05) is 6.92 Å². The maximum Gasteiger partial charge on any atom is 0.316 e. The van der Waals surface area contributed by atoms with E-state index in [4.69, 9.17) is 15.9 Å². The SMILES string of the molecule is CCCCCCC(CC(C(N)=O)C(=O)O)C(=O)O. The maximum atomic E-state index is 11.0. The first-order chi connectivity index (χ1) is 8.40. The van der Waals surface area contributed by atoms with Crippen molar-refractivity contribution in [2.45, 2.75) is 45.4 Å². The van der Waals surface area contributed by atoms with Gasteiger partial charge in [-0.3, -0.25) is 14.4 Å². The van der Waals surface area contributed by atoms with Crippen molar-refractivity contribution in [2.75, 3.05) is 0 Å². The normalized spacial score (nSPS) is 13.8. The molecule has 0 spiro atoms. The second kappa shape index (κ2) is 8.49. The first-order valence-corrected chi connectivity index (χ1v) is 6.15. The molecule has 0 rings (SSSR count). The molecule has 0 aliphatic rings. The van der Waals surface area contributed by atoms with Gasteiger partial charge in [0.2, 0.25) is 5.91 Å². The van der Waals surface area contributed by atoms with Crippen LogP contribution in [0.1, 0.15) is 45.4 Å². The molecule has 0 saturated carbocycles. The summed E-state index contributed by atoms with van der Waals surface area (Å²) < 4.78 is 0. The van der Waals surface area contributed by atoms with Gasteiger partial charge in [0, 0.05) is 0 Å². The van der Waals surface area contributed by atoms with Crippen LogP contribution in [-0.4, -0.2) is 28.1 Å². The second-order valence-electron chi connectivity index (χ2n) is 4.41. The van der Waals surface area contributed by atoms with E-state index in [-0.39, 0.29) is 6.42 Å². The maximum absolute atomic E-state index is 11.0. The molecule has 104 valence electrons. The van der Waals surface area contributed by atoms with Crippen LogP contribution in [-0.2, 0) is 14.4 Å². The molecule has 1 amide bonds. The summed E-state index contributed by atoms with van der Waals surface area (Å²) in [6.45, 7) is 2.04. The van der Waals surface area contributed by atoms with Crippen molar-refractivity contribution in [3.8, 4) is 0 Å². The third-order valence-electron chi connectivity index (χ3n) is 2.92. The van der Waals surface area contributed by atoms with Crippen molar-refractivity contribution in [1.29, 1.82) is 0 Å². The molecule has 4 N–H and O–H groups in total. The molecule has 2 atom stereocenters. The molecule has 0 aromatic rings. The number of hydrogen-bond donors (Lipinski definition) is 3. The summed E-state index contributed by atoms with van der Waals surface area (Å²) in [5.41, 5.74) is 4.95. The lowest BCUT2D eigenvalue weighted by Gasteiger charge is -2.15. The molecule has 18 heavy (non-hydrogen) atoms. The van der Waals surface area contributed by atoms with Crippen LogP contribution in [0, 0.1) is 11.8 Å². The van der Waals surface area contributed by atoms with Gasteiger partial charge in [0.25, 0.3) is 0 Å². The standard InChI is InChI=1S/C12H21NO5/c1-2-3-4-5-6-8(11(15)16)7-9(10(13)14)12(17)18/h8-9H,2-7H2,1H3,(H2,13,14)(H,15,16)(H,17,18). The fourth-order valence-electron chi connectivity index (χ4n) is 1.78. The molecule has 0 radical (unpaired) electrons. The number of primary amides is 1. The summed E-state index contributed by atoms with van der Waals surface area (Å²) in [5.74, 6) is -5.66. The Labute approximate surface area is 106 Å². The van der Waals surface area contributed by atoms with Crippen LogP contribution in [0.5, 0.6) is 0 Å². The Bertz CT molecular complexity index is 289. The van der Waals surface area contributed by atoms with Crippen molar-refractivity contribution >= 4 is 17.8 Å². The number of hydrogen-bond acceptors (Lipinski definition) is 3. The Balaban J connectivity index is 4.37. The number of nitrogens with two attached hydrogens (primary N) is 1. The Morgan fingerprint density at radius 3 is 2.06 bits per heavy atom. The highest BCUT2D eigenvalue weighted by Crippen LogP contribution is 2.20. The van der Waals surface area contributed by atoms with Gasteiger partial charge in [-0.15, -0.1) is 0 Å². The number of carbonyl (C=O) groups is 3. The molecule has 6 nitrogen and oxygen atoms in total. The minimum atomic E-state index is -1.42. The van der Waals surface area contributed by atoms with E-state index < -0.39 is 29.7 Å². The number of amides is 1. The molecule has 0 heterocycles. The lowest BCUT2D eigenvalue weighted by Crippen LogP contribution is -2.33. The Morgan fingerprint density at radius 2 is 1.67 bits per heavy atom. The molecule has 0 bridgehead atoms. The summed E-state index contributed by atoms with van der Waals surface area (Å²) in [7, 11) is 0. The van der Waals surface area contributed by atoms with Crippen molar-refractivity contribution in [2.24, 2.45) is 17.6 Å². The monoisotopic (exact) mass is 259 g/mol. The molecule has 0 saturated heterocycles. The van der Waals surface area contributed by atoms with Crippen LogP contribution >= 0.6 is 0 Å². The number of carboxylic acid groups (broad SMARTS) is 2. The average molecular weight is 259 g/mol. The number of carboxylic acids is 2. The third kappa shape index (κ3) is 6.22. The molecule has 0 aromatic heterocycles. The van der Waals surface area contributed by atoms with E-state index >= 15 is 0 Å². The van der Waals surface area contributed by atoms with Crippen molar-refractivity contribution in [3.05, 3.63) is 0 Å². The quantitative estimate of drug-likeness (QED) is 0.403. The van der Waals surface area contributed by atoms with Gasteiger partial charge < -0.3 is 15.9 Å².